The molecule has 1 aromatic rings. The Morgan fingerprint density at radius 1 is 1.50 bits per heavy atom. The van der Waals surface area contributed by atoms with Gasteiger partial charge in [-0.15, -0.1) is 6.42 Å². The Kier molecular flexibility index (Phi) is 5.46. The summed E-state index contributed by atoms with van der Waals surface area (Å²) < 4.78 is 8.15. The number of likely N-dealkylation sites (tertiary alicyclic amines) is 1. The molecule has 1 saturated carbocycles. The molecule has 3 aliphatic rings. The zero-order valence-electron chi connectivity index (χ0n) is 16.6. The van der Waals surface area contributed by atoms with Gasteiger partial charge in [0.15, 0.2) is 0 Å². The highest BCUT2D eigenvalue weighted by molar-refractivity contribution is 5.77. The van der Waals surface area contributed by atoms with Gasteiger partial charge in [-0.05, 0) is 32.6 Å². The maximum Gasteiger partial charge on any atom is 0.225 e. The molecule has 7 nitrogen and oxygen atoms in total. The minimum atomic E-state index is -0.416. The van der Waals surface area contributed by atoms with Crippen LogP contribution in [0, 0.1) is 12.3 Å². The van der Waals surface area contributed by atoms with E-state index in [0.29, 0.717) is 32.5 Å². The number of rotatable bonds is 5. The number of ether oxygens (including phenoxy) is 1. The Labute approximate surface area is 166 Å². The molecule has 3 heterocycles. The van der Waals surface area contributed by atoms with Gasteiger partial charge in [0, 0.05) is 31.0 Å². The Morgan fingerprint density at radius 3 is 2.96 bits per heavy atom. The largest absolute Gasteiger partial charge is 0.391 e. The normalized spacial score (nSPS) is 29.6. The predicted octanol–water partition coefficient (Wildman–Crippen LogP) is 1.01. The number of carbonyl (C=O) groups excluding carboxylic acids is 1. The van der Waals surface area contributed by atoms with E-state index in [4.69, 9.17) is 11.2 Å². The topological polar surface area (TPSA) is 70.8 Å². The molecule has 0 bridgehead atoms. The van der Waals surface area contributed by atoms with Gasteiger partial charge in [-0.2, -0.15) is 0 Å². The molecule has 2 saturated heterocycles. The lowest BCUT2D eigenvalue weighted by molar-refractivity contribution is -0.159. The Bertz CT molecular complexity index is 751. The molecule has 0 aromatic carbocycles. The molecule has 3 atom stereocenters. The monoisotopic (exact) mass is 386 g/mol. The highest BCUT2D eigenvalue weighted by atomic mass is 16.5. The summed E-state index contributed by atoms with van der Waals surface area (Å²) in [5.74, 6) is 3.72. The van der Waals surface area contributed by atoms with E-state index < -0.39 is 6.10 Å². The summed E-state index contributed by atoms with van der Waals surface area (Å²) in [6.07, 6.45) is 13.1. The van der Waals surface area contributed by atoms with E-state index in [1.807, 2.05) is 17.7 Å². The van der Waals surface area contributed by atoms with Crippen molar-refractivity contribution in [2.45, 2.75) is 75.9 Å². The molecule has 1 spiro atoms. The van der Waals surface area contributed by atoms with Crippen LogP contribution in [0.4, 0.5) is 0 Å². The second-order valence-corrected chi connectivity index (χ2v) is 8.45. The molecule has 2 aliphatic heterocycles. The Morgan fingerprint density at radius 2 is 2.32 bits per heavy atom. The van der Waals surface area contributed by atoms with E-state index in [1.54, 1.807) is 11.1 Å². The smallest absolute Gasteiger partial charge is 0.225 e. The number of terminal acetylenes is 1. The number of hydrogen-bond acceptors (Lipinski definition) is 5. The molecule has 4 rings (SSSR count). The third-order valence-corrected chi connectivity index (χ3v) is 6.80. The quantitative estimate of drug-likeness (QED) is 0.765. The number of aliphatic hydroxyl groups excluding tert-OH is 1. The lowest BCUT2D eigenvalue weighted by Crippen LogP contribution is -2.63. The van der Waals surface area contributed by atoms with Crippen molar-refractivity contribution >= 4 is 5.91 Å². The maximum absolute atomic E-state index is 12.8. The van der Waals surface area contributed by atoms with Crippen molar-refractivity contribution in [3.63, 3.8) is 0 Å². The number of morpholine rings is 1. The summed E-state index contributed by atoms with van der Waals surface area (Å²) in [6.45, 7) is 5.17. The van der Waals surface area contributed by atoms with E-state index in [9.17, 15) is 9.90 Å². The SMILES string of the molecule is C#CCn1ccnc1CN1CC(CC(=O)N2CC[C@@H](O)[C@H]2C)OCC12CCC2. The van der Waals surface area contributed by atoms with E-state index in [-0.39, 0.29) is 23.6 Å². The first-order chi connectivity index (χ1) is 13.5. The standard InChI is InChI=1S/C21H30N4O3/c1-3-9-23-11-8-22-19(23)14-24-13-17(28-15-21(24)6-4-7-21)12-20(27)25-10-5-18(26)16(25)2/h1,8,11,16-18,26H,4-7,9-10,12-15H2,2H3/t16-,17?,18-/m1/s1. The van der Waals surface area contributed by atoms with Crippen LogP contribution in [0.3, 0.4) is 0 Å². The van der Waals surface area contributed by atoms with Gasteiger partial charge in [-0.25, -0.2) is 4.98 Å². The van der Waals surface area contributed by atoms with Crippen LogP contribution in [0.15, 0.2) is 12.4 Å². The average molecular weight is 386 g/mol. The van der Waals surface area contributed by atoms with Crippen molar-refractivity contribution in [1.82, 2.24) is 19.4 Å². The van der Waals surface area contributed by atoms with Crippen molar-refractivity contribution < 1.29 is 14.6 Å². The lowest BCUT2D eigenvalue weighted by Gasteiger charge is -2.54. The minimum Gasteiger partial charge on any atom is -0.391 e. The number of amides is 1. The molecule has 7 heteroatoms. The van der Waals surface area contributed by atoms with Gasteiger partial charge < -0.3 is 19.3 Å². The zero-order chi connectivity index (χ0) is 19.7. The Hall–Kier alpha value is -1.88. The molecule has 1 amide bonds. The molecule has 3 fully saturated rings. The minimum absolute atomic E-state index is 0.0730. The van der Waals surface area contributed by atoms with E-state index in [1.165, 1.54) is 6.42 Å². The molecule has 0 radical (unpaired) electrons. The lowest BCUT2D eigenvalue weighted by atomic mass is 9.74. The number of hydrogen-bond donors (Lipinski definition) is 1. The molecule has 1 N–H and O–H groups in total. The van der Waals surface area contributed by atoms with Crippen LogP contribution in [0.2, 0.25) is 0 Å². The summed E-state index contributed by atoms with van der Waals surface area (Å²) in [7, 11) is 0. The second kappa shape index (κ2) is 7.86. The van der Waals surface area contributed by atoms with E-state index >= 15 is 0 Å². The number of imidazole rings is 1. The highest BCUT2D eigenvalue weighted by Crippen LogP contribution is 2.41. The zero-order valence-corrected chi connectivity index (χ0v) is 16.6. The van der Waals surface area contributed by atoms with Gasteiger partial charge in [0.1, 0.15) is 5.82 Å². The fourth-order valence-corrected chi connectivity index (χ4v) is 4.75. The summed E-state index contributed by atoms with van der Waals surface area (Å²) in [6, 6.07) is -0.110. The van der Waals surface area contributed by atoms with Crippen LogP contribution in [0.1, 0.15) is 44.9 Å². The first-order valence-corrected chi connectivity index (χ1v) is 10.3. The molecule has 1 aromatic heterocycles. The van der Waals surface area contributed by atoms with Crippen LogP contribution in [-0.4, -0.2) is 73.8 Å². The second-order valence-electron chi connectivity index (χ2n) is 8.45. The Balaban J connectivity index is 1.42. The number of carbonyl (C=O) groups is 1. The molecule has 152 valence electrons. The van der Waals surface area contributed by atoms with E-state index in [2.05, 4.69) is 15.8 Å². The van der Waals surface area contributed by atoms with Crippen LogP contribution < -0.4 is 0 Å². The molecular formula is C21H30N4O3. The van der Waals surface area contributed by atoms with Crippen molar-refractivity contribution in [3.05, 3.63) is 18.2 Å². The van der Waals surface area contributed by atoms with Gasteiger partial charge in [0.2, 0.25) is 5.91 Å². The maximum atomic E-state index is 12.8. The van der Waals surface area contributed by atoms with Gasteiger partial charge in [0.05, 0.1) is 44.4 Å². The summed E-state index contributed by atoms with van der Waals surface area (Å²) in [5, 5.41) is 9.93. The first kappa shape index (κ1) is 19.4. The van der Waals surface area contributed by atoms with Gasteiger partial charge in [-0.3, -0.25) is 9.69 Å². The van der Waals surface area contributed by atoms with E-state index in [0.717, 1.165) is 31.8 Å². The van der Waals surface area contributed by atoms with Crippen molar-refractivity contribution in [2.24, 2.45) is 0 Å². The van der Waals surface area contributed by atoms with Gasteiger partial charge >= 0.3 is 0 Å². The number of aromatic nitrogens is 2. The fraction of sp³-hybridized carbons (Fsp3) is 0.714. The highest BCUT2D eigenvalue weighted by Gasteiger charge is 2.47. The molecule has 1 aliphatic carbocycles. The summed E-state index contributed by atoms with van der Waals surface area (Å²) in [5.41, 5.74) is 0.0730. The molecule has 1 unspecified atom stereocenters. The summed E-state index contributed by atoms with van der Waals surface area (Å²) >= 11 is 0. The van der Waals surface area contributed by atoms with Crippen LogP contribution in [0.25, 0.3) is 0 Å². The summed E-state index contributed by atoms with van der Waals surface area (Å²) in [4.78, 5) is 21.5. The first-order valence-electron chi connectivity index (χ1n) is 10.3. The fourth-order valence-electron chi connectivity index (χ4n) is 4.75. The molecular weight excluding hydrogens is 356 g/mol. The van der Waals surface area contributed by atoms with Gasteiger partial charge in [0.25, 0.3) is 0 Å². The third kappa shape index (κ3) is 3.57. The number of nitrogens with zero attached hydrogens (tertiary/aromatic N) is 4. The van der Waals surface area contributed by atoms with Crippen molar-refractivity contribution in [3.8, 4) is 12.3 Å². The van der Waals surface area contributed by atoms with Crippen LogP contribution in [0.5, 0.6) is 0 Å². The third-order valence-electron chi connectivity index (χ3n) is 6.80. The molecule has 28 heavy (non-hydrogen) atoms. The van der Waals surface area contributed by atoms with Crippen molar-refractivity contribution in [2.75, 3.05) is 19.7 Å². The van der Waals surface area contributed by atoms with Crippen molar-refractivity contribution in [1.29, 1.82) is 0 Å². The predicted molar refractivity (Wildman–Crippen MR) is 104 cm³/mol. The van der Waals surface area contributed by atoms with Gasteiger partial charge in [-0.1, -0.05) is 5.92 Å². The average Bonchev–Trinajstić information content (AvgIpc) is 3.21. The number of aliphatic hydroxyl groups is 1. The van der Waals surface area contributed by atoms with Crippen LogP contribution >= 0.6 is 0 Å². The van der Waals surface area contributed by atoms with Crippen LogP contribution in [-0.2, 0) is 22.6 Å².